The number of anilines is 2. The molecule has 2 nitrogen and oxygen atoms in total. The van der Waals surface area contributed by atoms with Gasteiger partial charge in [0.05, 0.1) is 0 Å². The lowest BCUT2D eigenvalue weighted by Gasteiger charge is -2.04. The fraction of sp³-hybridized carbons (Fsp3) is 0.657. The summed E-state index contributed by atoms with van der Waals surface area (Å²) >= 11 is 0. The Balaban J connectivity index is 0.000000417. The van der Waals surface area contributed by atoms with Gasteiger partial charge >= 0.3 is 0 Å². The largest absolute Gasteiger partial charge is 0.399 e. The normalized spacial score (nSPS) is 10.8. The van der Waals surface area contributed by atoms with Crippen LogP contribution < -0.4 is 11.5 Å². The molecule has 0 heterocycles. The summed E-state index contributed by atoms with van der Waals surface area (Å²) in [6.07, 6.45) is 29.1. The van der Waals surface area contributed by atoms with Gasteiger partial charge in [-0.2, -0.15) is 0 Å². The van der Waals surface area contributed by atoms with Crippen LogP contribution in [0.1, 0.15) is 147 Å². The second-order valence-electron chi connectivity index (χ2n) is 11.0. The average Bonchev–Trinajstić information content (AvgIpc) is 2.91. The van der Waals surface area contributed by atoms with E-state index < -0.39 is 0 Å². The molecule has 0 amide bonds. The van der Waals surface area contributed by atoms with Gasteiger partial charge in [0.15, 0.2) is 0 Å². The van der Waals surface area contributed by atoms with E-state index in [0.29, 0.717) is 0 Å². The Labute approximate surface area is 231 Å². The fourth-order valence-corrected chi connectivity index (χ4v) is 4.82. The minimum Gasteiger partial charge on any atom is -0.399 e. The molecule has 0 saturated carbocycles. The van der Waals surface area contributed by atoms with E-state index in [0.717, 1.165) is 11.4 Å². The third kappa shape index (κ3) is 20.7. The van der Waals surface area contributed by atoms with E-state index in [1.54, 1.807) is 0 Å². The highest BCUT2D eigenvalue weighted by atomic mass is 14.5. The Morgan fingerprint density at radius 2 is 0.595 bits per heavy atom. The van der Waals surface area contributed by atoms with Gasteiger partial charge in [0, 0.05) is 11.4 Å². The molecule has 0 aliphatic carbocycles. The third-order valence-electron chi connectivity index (χ3n) is 7.35. The van der Waals surface area contributed by atoms with E-state index >= 15 is 0 Å². The van der Waals surface area contributed by atoms with Crippen LogP contribution in [0.5, 0.6) is 0 Å². The third-order valence-corrected chi connectivity index (χ3v) is 7.35. The van der Waals surface area contributed by atoms with Crippen LogP contribution in [0.3, 0.4) is 0 Å². The molecule has 2 aromatic carbocycles. The summed E-state index contributed by atoms with van der Waals surface area (Å²) in [7, 11) is 0. The van der Waals surface area contributed by atoms with E-state index in [2.05, 4.69) is 38.1 Å². The van der Waals surface area contributed by atoms with Crippen LogP contribution in [0.25, 0.3) is 0 Å². The Morgan fingerprint density at radius 1 is 0.351 bits per heavy atom. The van der Waals surface area contributed by atoms with Gasteiger partial charge in [0.25, 0.3) is 0 Å². The van der Waals surface area contributed by atoms with Crippen molar-refractivity contribution in [2.75, 3.05) is 11.5 Å². The van der Waals surface area contributed by atoms with Crippen molar-refractivity contribution in [2.45, 2.75) is 149 Å². The molecular weight excluding hydrogens is 448 g/mol. The van der Waals surface area contributed by atoms with Crippen molar-refractivity contribution < 1.29 is 0 Å². The van der Waals surface area contributed by atoms with Crippen LogP contribution in [0.4, 0.5) is 11.4 Å². The summed E-state index contributed by atoms with van der Waals surface area (Å²) in [6, 6.07) is 16.6. The SMILES string of the molecule is CCCCCCCCCCCCCCCCc1ccc(N)cc1.CCCCCCCc1ccc(N)cc1. The summed E-state index contributed by atoms with van der Waals surface area (Å²) in [5.41, 5.74) is 15.9. The molecule has 0 radical (unpaired) electrons. The van der Waals surface area contributed by atoms with Crippen molar-refractivity contribution in [3.63, 3.8) is 0 Å². The Hall–Kier alpha value is -1.96. The maximum atomic E-state index is 5.71. The zero-order chi connectivity index (χ0) is 26.8. The highest BCUT2D eigenvalue weighted by Crippen LogP contribution is 2.15. The van der Waals surface area contributed by atoms with Crippen LogP contribution in [0.2, 0.25) is 0 Å². The Morgan fingerprint density at radius 3 is 0.865 bits per heavy atom. The van der Waals surface area contributed by atoms with E-state index in [-0.39, 0.29) is 0 Å². The van der Waals surface area contributed by atoms with Crippen molar-refractivity contribution in [3.05, 3.63) is 59.7 Å². The predicted octanol–water partition coefficient (Wildman–Crippen LogP) is 11.1. The van der Waals surface area contributed by atoms with Crippen molar-refractivity contribution in [1.82, 2.24) is 0 Å². The molecule has 210 valence electrons. The quantitative estimate of drug-likeness (QED) is 0.130. The molecule has 0 aliphatic heterocycles. The van der Waals surface area contributed by atoms with Gasteiger partial charge in [-0.1, -0.05) is 147 Å². The minimum absolute atomic E-state index is 0.861. The lowest BCUT2D eigenvalue weighted by Crippen LogP contribution is -1.88. The zero-order valence-electron chi connectivity index (χ0n) is 24.6. The second kappa shape index (κ2) is 24.4. The molecule has 2 rings (SSSR count). The van der Waals surface area contributed by atoms with Crippen molar-refractivity contribution in [3.8, 4) is 0 Å². The number of hydrogen-bond acceptors (Lipinski definition) is 2. The van der Waals surface area contributed by atoms with Crippen molar-refractivity contribution in [2.24, 2.45) is 0 Å². The summed E-state index contributed by atoms with van der Waals surface area (Å²) in [5.74, 6) is 0. The highest BCUT2D eigenvalue weighted by Gasteiger charge is 1.96. The number of nitrogen functional groups attached to an aromatic ring is 2. The van der Waals surface area contributed by atoms with Crippen LogP contribution in [-0.4, -0.2) is 0 Å². The number of aryl methyl sites for hydroxylation is 2. The van der Waals surface area contributed by atoms with Crippen LogP contribution >= 0.6 is 0 Å². The topological polar surface area (TPSA) is 52.0 Å². The first-order valence-electron chi connectivity index (χ1n) is 15.8. The molecule has 0 saturated heterocycles. The first-order chi connectivity index (χ1) is 18.2. The standard InChI is InChI=1S/C22H39N.C13H21N/c1-2-3-4-5-6-7-8-9-10-11-12-13-14-15-16-21-17-19-22(23)20-18-21;1-2-3-4-5-6-7-12-8-10-13(14)11-9-12/h17-20H,2-16,23H2,1H3;8-11H,2-7,14H2,1H3. The molecule has 0 aliphatic rings. The molecule has 0 bridgehead atoms. The van der Waals surface area contributed by atoms with E-state index in [1.807, 2.05) is 24.3 Å². The lowest BCUT2D eigenvalue weighted by molar-refractivity contribution is 0.535. The van der Waals surface area contributed by atoms with Crippen molar-refractivity contribution >= 4 is 11.4 Å². The monoisotopic (exact) mass is 508 g/mol. The summed E-state index contributed by atoms with van der Waals surface area (Å²) in [4.78, 5) is 0. The Kier molecular flexibility index (Phi) is 21.8. The molecular formula is C35H60N2. The molecule has 0 atom stereocenters. The van der Waals surface area contributed by atoms with E-state index in [1.165, 1.54) is 146 Å². The number of benzene rings is 2. The summed E-state index contributed by atoms with van der Waals surface area (Å²) in [6.45, 7) is 4.54. The first-order valence-corrected chi connectivity index (χ1v) is 15.8. The van der Waals surface area contributed by atoms with Gasteiger partial charge in [-0.05, 0) is 61.1 Å². The van der Waals surface area contributed by atoms with Crippen LogP contribution in [0.15, 0.2) is 48.5 Å². The molecule has 0 unspecified atom stereocenters. The van der Waals surface area contributed by atoms with Crippen LogP contribution in [-0.2, 0) is 12.8 Å². The van der Waals surface area contributed by atoms with E-state index in [9.17, 15) is 0 Å². The summed E-state index contributed by atoms with van der Waals surface area (Å²) < 4.78 is 0. The van der Waals surface area contributed by atoms with Gasteiger partial charge in [0.1, 0.15) is 0 Å². The molecule has 0 spiro atoms. The number of rotatable bonds is 21. The van der Waals surface area contributed by atoms with Gasteiger partial charge in [-0.25, -0.2) is 0 Å². The predicted molar refractivity (Wildman–Crippen MR) is 168 cm³/mol. The fourth-order valence-electron chi connectivity index (χ4n) is 4.82. The van der Waals surface area contributed by atoms with Gasteiger partial charge in [-0.3, -0.25) is 0 Å². The summed E-state index contributed by atoms with van der Waals surface area (Å²) in [5, 5.41) is 0. The highest BCUT2D eigenvalue weighted by molar-refractivity contribution is 5.39. The van der Waals surface area contributed by atoms with E-state index in [4.69, 9.17) is 11.5 Å². The number of hydrogen-bond donors (Lipinski definition) is 2. The molecule has 37 heavy (non-hydrogen) atoms. The minimum atomic E-state index is 0.861. The number of nitrogens with two attached hydrogens (primary N) is 2. The molecule has 4 N–H and O–H groups in total. The molecule has 2 heteroatoms. The zero-order valence-corrected chi connectivity index (χ0v) is 24.6. The van der Waals surface area contributed by atoms with Gasteiger partial charge in [-0.15, -0.1) is 0 Å². The Bertz CT molecular complexity index is 720. The smallest absolute Gasteiger partial charge is 0.0314 e. The molecule has 0 fully saturated rings. The molecule has 2 aromatic rings. The number of unbranched alkanes of at least 4 members (excludes halogenated alkanes) is 17. The van der Waals surface area contributed by atoms with Gasteiger partial charge < -0.3 is 11.5 Å². The first kappa shape index (κ1) is 33.1. The van der Waals surface area contributed by atoms with Gasteiger partial charge in [0.2, 0.25) is 0 Å². The lowest BCUT2D eigenvalue weighted by atomic mass is 10.0. The van der Waals surface area contributed by atoms with Crippen molar-refractivity contribution in [1.29, 1.82) is 0 Å². The maximum absolute atomic E-state index is 5.71. The second-order valence-corrected chi connectivity index (χ2v) is 11.0. The molecule has 0 aromatic heterocycles. The maximum Gasteiger partial charge on any atom is 0.0314 e. The van der Waals surface area contributed by atoms with Crippen LogP contribution in [0, 0.1) is 0 Å². The average molecular weight is 509 g/mol.